The second-order valence-corrected chi connectivity index (χ2v) is 7.45. The third-order valence-electron chi connectivity index (χ3n) is 3.68. The van der Waals surface area contributed by atoms with E-state index in [1.54, 1.807) is 18.5 Å². The molecule has 0 unspecified atom stereocenters. The second-order valence-electron chi connectivity index (χ2n) is 5.91. The zero-order valence-corrected chi connectivity index (χ0v) is 17.6. The summed E-state index contributed by atoms with van der Waals surface area (Å²) < 4.78 is 8.80. The number of imidazole rings is 1. The predicted octanol–water partition coefficient (Wildman–Crippen LogP) is 5.51. The lowest BCUT2D eigenvalue weighted by atomic mass is 10.2. The molecular formula is C18H17BrCl2N4O. The van der Waals surface area contributed by atoms with E-state index in [2.05, 4.69) is 25.9 Å². The Kier molecular flexibility index (Phi) is 5.75. The molecule has 0 saturated carbocycles. The van der Waals surface area contributed by atoms with E-state index in [4.69, 9.17) is 27.9 Å². The van der Waals surface area contributed by atoms with Gasteiger partial charge in [-0.1, -0.05) is 23.2 Å². The number of aromatic nitrogens is 2. The highest BCUT2D eigenvalue weighted by molar-refractivity contribution is 9.10. The highest BCUT2D eigenvalue weighted by Crippen LogP contribution is 2.35. The first-order valence-electron chi connectivity index (χ1n) is 7.82. The van der Waals surface area contributed by atoms with Crippen LogP contribution >= 0.6 is 39.1 Å². The van der Waals surface area contributed by atoms with Gasteiger partial charge in [0.25, 0.3) is 0 Å². The number of pyridine rings is 1. The lowest BCUT2D eigenvalue weighted by molar-refractivity contribution is 0.308. The van der Waals surface area contributed by atoms with Gasteiger partial charge in [-0.25, -0.2) is 9.98 Å². The Balaban J connectivity index is 1.91. The van der Waals surface area contributed by atoms with Gasteiger partial charge in [0, 0.05) is 30.9 Å². The van der Waals surface area contributed by atoms with Crippen LogP contribution in [-0.2, 0) is 6.61 Å². The zero-order valence-electron chi connectivity index (χ0n) is 14.5. The van der Waals surface area contributed by atoms with Crippen LogP contribution in [-0.4, -0.2) is 34.7 Å². The van der Waals surface area contributed by atoms with Crippen molar-refractivity contribution in [2.24, 2.45) is 4.99 Å². The topological polar surface area (TPSA) is 42.1 Å². The molecule has 26 heavy (non-hydrogen) atoms. The van der Waals surface area contributed by atoms with Crippen LogP contribution in [0.5, 0.6) is 5.75 Å². The Hall–Kier alpha value is -1.76. The first kappa shape index (κ1) is 19.0. The summed E-state index contributed by atoms with van der Waals surface area (Å²) in [6, 6.07) is 7.31. The summed E-state index contributed by atoms with van der Waals surface area (Å²) in [6.07, 6.45) is 3.61. The molecule has 5 nitrogen and oxygen atoms in total. The maximum absolute atomic E-state index is 6.49. The molecule has 0 aliphatic rings. The SMILES string of the molecule is Cc1nc2c(OCc3c(Cl)ccc(/N=C/N(C)C)c3Cl)cccn2c1Br. The van der Waals surface area contributed by atoms with Crippen LogP contribution in [0.25, 0.3) is 5.65 Å². The predicted molar refractivity (Wildman–Crippen MR) is 110 cm³/mol. The Bertz CT molecular complexity index is 985. The average molecular weight is 456 g/mol. The van der Waals surface area contributed by atoms with Crippen LogP contribution in [0.15, 0.2) is 40.1 Å². The minimum atomic E-state index is 0.214. The largest absolute Gasteiger partial charge is 0.485 e. The number of hydrogen-bond donors (Lipinski definition) is 0. The van der Waals surface area contributed by atoms with Crippen molar-refractivity contribution in [1.29, 1.82) is 0 Å². The molecule has 0 saturated heterocycles. The standard InChI is InChI=1S/C18H17BrCl2N4O/c1-11-17(19)25-8-4-5-15(18(25)23-11)26-9-12-13(20)6-7-14(16(12)21)22-10-24(2)3/h4-8,10H,9H2,1-3H3/b22-10+. The zero-order chi connectivity index (χ0) is 18.8. The van der Waals surface area contributed by atoms with Crippen LogP contribution in [0, 0.1) is 6.92 Å². The lowest BCUT2D eigenvalue weighted by Crippen LogP contribution is -2.07. The summed E-state index contributed by atoms with van der Waals surface area (Å²) in [5.41, 5.74) is 2.94. The summed E-state index contributed by atoms with van der Waals surface area (Å²) in [6.45, 7) is 2.15. The van der Waals surface area contributed by atoms with Crippen molar-refractivity contribution in [2.45, 2.75) is 13.5 Å². The van der Waals surface area contributed by atoms with Gasteiger partial charge in [0.2, 0.25) is 0 Å². The van der Waals surface area contributed by atoms with Crippen LogP contribution in [0.3, 0.4) is 0 Å². The van der Waals surface area contributed by atoms with Gasteiger partial charge >= 0.3 is 0 Å². The minimum Gasteiger partial charge on any atom is -0.485 e. The van der Waals surface area contributed by atoms with Crippen molar-refractivity contribution in [1.82, 2.24) is 14.3 Å². The molecular weight excluding hydrogens is 439 g/mol. The second kappa shape index (κ2) is 7.86. The van der Waals surface area contributed by atoms with Crippen LogP contribution < -0.4 is 4.74 Å². The molecule has 0 aliphatic heterocycles. The molecule has 0 aliphatic carbocycles. The van der Waals surface area contributed by atoms with Gasteiger partial charge in [-0.2, -0.15) is 0 Å². The first-order valence-corrected chi connectivity index (χ1v) is 9.37. The Morgan fingerprint density at radius 3 is 2.81 bits per heavy atom. The maximum atomic E-state index is 6.49. The third kappa shape index (κ3) is 3.82. The van der Waals surface area contributed by atoms with Gasteiger partial charge in [0.15, 0.2) is 11.4 Å². The van der Waals surface area contributed by atoms with Crippen LogP contribution in [0.1, 0.15) is 11.3 Å². The van der Waals surface area contributed by atoms with E-state index in [1.165, 1.54) is 0 Å². The molecule has 8 heteroatoms. The number of benzene rings is 1. The Morgan fingerprint density at radius 1 is 1.31 bits per heavy atom. The van der Waals surface area contributed by atoms with Gasteiger partial charge < -0.3 is 9.64 Å². The van der Waals surface area contributed by atoms with Gasteiger partial charge in [0.1, 0.15) is 11.2 Å². The normalized spacial score (nSPS) is 11.5. The third-order valence-corrected chi connectivity index (χ3v) is 5.41. The fraction of sp³-hybridized carbons (Fsp3) is 0.222. The van der Waals surface area contributed by atoms with Gasteiger partial charge in [-0.15, -0.1) is 0 Å². The monoisotopic (exact) mass is 454 g/mol. The number of halogens is 3. The molecule has 2 heterocycles. The van der Waals surface area contributed by atoms with E-state index >= 15 is 0 Å². The highest BCUT2D eigenvalue weighted by atomic mass is 79.9. The average Bonchev–Trinajstić information content (AvgIpc) is 2.89. The van der Waals surface area contributed by atoms with E-state index in [0.717, 1.165) is 15.9 Å². The number of hydrogen-bond acceptors (Lipinski definition) is 3. The van der Waals surface area contributed by atoms with Crippen molar-refractivity contribution in [2.75, 3.05) is 14.1 Å². The molecule has 0 N–H and O–H groups in total. The number of aliphatic imine (C=N–C) groups is 1. The fourth-order valence-electron chi connectivity index (χ4n) is 2.38. The number of rotatable bonds is 5. The summed E-state index contributed by atoms with van der Waals surface area (Å²) in [7, 11) is 3.78. The molecule has 0 spiro atoms. The minimum absolute atomic E-state index is 0.214. The van der Waals surface area contributed by atoms with Crippen molar-refractivity contribution in [3.63, 3.8) is 0 Å². The molecule has 1 aromatic carbocycles. The Morgan fingerprint density at radius 2 is 2.08 bits per heavy atom. The van der Waals surface area contributed by atoms with E-state index in [0.29, 0.717) is 27.0 Å². The number of fused-ring (bicyclic) bond motifs is 1. The summed E-state index contributed by atoms with van der Waals surface area (Å²) >= 11 is 16.3. The molecule has 0 bridgehead atoms. The molecule has 3 aromatic rings. The maximum Gasteiger partial charge on any atom is 0.180 e. The number of nitrogens with zero attached hydrogens (tertiary/aromatic N) is 4. The molecule has 136 valence electrons. The van der Waals surface area contributed by atoms with Gasteiger partial charge in [0.05, 0.1) is 22.7 Å². The highest BCUT2D eigenvalue weighted by Gasteiger charge is 2.14. The molecule has 0 atom stereocenters. The summed E-state index contributed by atoms with van der Waals surface area (Å²) in [4.78, 5) is 10.7. The molecule has 3 rings (SSSR count). The smallest absolute Gasteiger partial charge is 0.180 e. The molecule has 0 fully saturated rings. The van der Waals surface area contributed by atoms with Crippen molar-refractivity contribution >= 4 is 56.8 Å². The molecule has 2 aromatic heterocycles. The molecule has 0 radical (unpaired) electrons. The summed E-state index contributed by atoms with van der Waals surface area (Å²) in [5.74, 6) is 0.649. The first-order chi connectivity index (χ1) is 12.4. The Labute approximate surface area is 170 Å². The van der Waals surface area contributed by atoms with E-state index in [-0.39, 0.29) is 6.61 Å². The lowest BCUT2D eigenvalue weighted by Gasteiger charge is -2.12. The van der Waals surface area contributed by atoms with Crippen LogP contribution in [0.4, 0.5) is 5.69 Å². The molecule has 0 amide bonds. The summed E-state index contributed by atoms with van der Waals surface area (Å²) in [5, 5.41) is 1.01. The number of ether oxygens (including phenoxy) is 1. The van der Waals surface area contributed by atoms with E-state index in [1.807, 2.05) is 48.6 Å². The van der Waals surface area contributed by atoms with Crippen molar-refractivity contribution in [3.05, 3.63) is 56.4 Å². The fourth-order valence-corrected chi connectivity index (χ4v) is 3.29. The quantitative estimate of drug-likeness (QED) is 0.376. The van der Waals surface area contributed by atoms with E-state index < -0.39 is 0 Å². The van der Waals surface area contributed by atoms with Crippen molar-refractivity contribution < 1.29 is 4.74 Å². The van der Waals surface area contributed by atoms with Gasteiger partial charge in [-0.3, -0.25) is 4.40 Å². The van der Waals surface area contributed by atoms with Crippen LogP contribution in [0.2, 0.25) is 10.0 Å². The van der Waals surface area contributed by atoms with Crippen molar-refractivity contribution in [3.8, 4) is 5.75 Å². The van der Waals surface area contributed by atoms with Gasteiger partial charge in [-0.05, 0) is 47.1 Å². The number of aryl methyl sites for hydroxylation is 1. The van der Waals surface area contributed by atoms with E-state index in [9.17, 15) is 0 Å².